The zero-order valence-electron chi connectivity index (χ0n) is 16.0. The van der Waals surface area contributed by atoms with Gasteiger partial charge in [-0.15, -0.1) is 0 Å². The largest absolute Gasteiger partial charge is 0.397 e. The van der Waals surface area contributed by atoms with E-state index in [0.717, 1.165) is 6.92 Å². The highest BCUT2D eigenvalue weighted by atomic mass is 32.3. The number of hydrogen-bond acceptors (Lipinski definition) is 14. The van der Waals surface area contributed by atoms with Crippen LogP contribution in [0.3, 0.4) is 0 Å². The highest BCUT2D eigenvalue weighted by molar-refractivity contribution is 7.80. The maximum atomic E-state index is 11.5. The Morgan fingerprint density at radius 1 is 1.06 bits per heavy atom. The van der Waals surface area contributed by atoms with Gasteiger partial charge in [-0.25, -0.2) is 4.18 Å². The van der Waals surface area contributed by atoms with Crippen LogP contribution in [0, 0.1) is 0 Å². The van der Waals surface area contributed by atoms with Crippen molar-refractivity contribution in [1.82, 2.24) is 5.32 Å². The van der Waals surface area contributed by atoms with Gasteiger partial charge in [-0.3, -0.25) is 9.35 Å². The quantitative estimate of drug-likeness (QED) is 0.154. The fourth-order valence-electron chi connectivity index (χ4n) is 3.18. The van der Waals surface area contributed by atoms with Crippen molar-refractivity contribution < 1.29 is 71.9 Å². The summed E-state index contributed by atoms with van der Waals surface area (Å²) in [5.41, 5.74) is -2.35. The van der Waals surface area contributed by atoms with Crippen molar-refractivity contribution >= 4 is 16.3 Å². The first-order valence-electron chi connectivity index (χ1n) is 8.81. The van der Waals surface area contributed by atoms with Gasteiger partial charge in [0.25, 0.3) is 0 Å². The fourth-order valence-corrected chi connectivity index (χ4v) is 3.49. The van der Waals surface area contributed by atoms with Crippen molar-refractivity contribution in [3.63, 3.8) is 0 Å². The Morgan fingerprint density at radius 3 is 2.19 bits per heavy atom. The van der Waals surface area contributed by atoms with Crippen molar-refractivity contribution in [2.45, 2.75) is 68.0 Å². The molecule has 0 aromatic carbocycles. The number of carbonyl (C=O) groups is 1. The highest BCUT2D eigenvalue weighted by Gasteiger charge is 2.56. The second kappa shape index (κ2) is 9.83. The average molecular weight is 479 g/mol. The molecule has 2 aliphatic rings. The number of aliphatic hydroxyl groups is 7. The average Bonchev–Trinajstić information content (AvgIpc) is 2.67. The molecule has 16 nitrogen and oxygen atoms in total. The molecule has 2 rings (SSSR count). The van der Waals surface area contributed by atoms with E-state index in [9.17, 15) is 49.0 Å². The standard InChI is InChI=1S/C14H25NO15S/c1-4(17)15-14(3-16)11(22)7(19)9(21)13(30-14)29-10-5(2-27-31(24,25)26)28-12(23)8(20)6(10)18/h5-13,16,18-23H,2-3H2,1H3,(H,15,17)(H,24,25,26)/t5-,6-,7-,8-,9-,10-,11-,12-,13+,14-/m1/s1. The summed E-state index contributed by atoms with van der Waals surface area (Å²) < 4.78 is 49.9. The van der Waals surface area contributed by atoms with Gasteiger partial charge in [-0.05, 0) is 0 Å². The number of aliphatic hydroxyl groups excluding tert-OH is 7. The minimum absolute atomic E-state index is 0.811. The topological polar surface area (TPSA) is 262 Å². The molecule has 17 heteroatoms. The summed E-state index contributed by atoms with van der Waals surface area (Å²) in [4.78, 5) is 11.5. The Hall–Kier alpha value is -1.06. The Balaban J connectivity index is 2.30. The summed E-state index contributed by atoms with van der Waals surface area (Å²) in [7, 11) is -4.99. The molecule has 1 amide bonds. The number of ether oxygens (including phenoxy) is 3. The smallest absolute Gasteiger partial charge is 0.391 e. The van der Waals surface area contributed by atoms with Gasteiger partial charge in [0.1, 0.15) is 42.7 Å². The number of carbonyl (C=O) groups excluding carboxylic acids is 1. The molecule has 0 radical (unpaired) electrons. The molecule has 0 spiro atoms. The monoisotopic (exact) mass is 479 g/mol. The van der Waals surface area contributed by atoms with E-state index in [4.69, 9.17) is 18.8 Å². The molecule has 2 aliphatic heterocycles. The van der Waals surface area contributed by atoms with Crippen LogP contribution in [0.25, 0.3) is 0 Å². The van der Waals surface area contributed by atoms with E-state index < -0.39 is 90.6 Å². The van der Waals surface area contributed by atoms with Gasteiger partial charge in [0, 0.05) is 6.92 Å². The summed E-state index contributed by atoms with van der Waals surface area (Å²) in [5, 5.41) is 71.8. The van der Waals surface area contributed by atoms with Crippen LogP contribution in [0.2, 0.25) is 0 Å². The molecule has 0 aliphatic carbocycles. The predicted octanol–water partition coefficient (Wildman–Crippen LogP) is -6.11. The fraction of sp³-hybridized carbons (Fsp3) is 0.929. The molecule has 2 fully saturated rings. The lowest BCUT2D eigenvalue weighted by molar-refractivity contribution is -0.378. The molecule has 0 aromatic heterocycles. The summed E-state index contributed by atoms with van der Waals surface area (Å²) in [6.07, 6.45) is -17.6. The molecule has 0 aromatic rings. The zero-order valence-corrected chi connectivity index (χ0v) is 16.8. The van der Waals surface area contributed by atoms with Crippen molar-refractivity contribution in [3.05, 3.63) is 0 Å². The van der Waals surface area contributed by atoms with Gasteiger partial charge in [-0.1, -0.05) is 0 Å². The lowest BCUT2D eigenvalue weighted by atomic mass is 9.93. The van der Waals surface area contributed by atoms with Gasteiger partial charge in [0.15, 0.2) is 18.3 Å². The lowest BCUT2D eigenvalue weighted by Gasteiger charge is -2.49. The van der Waals surface area contributed by atoms with Gasteiger partial charge in [0.2, 0.25) is 5.91 Å². The van der Waals surface area contributed by atoms with Crippen molar-refractivity contribution in [1.29, 1.82) is 0 Å². The third-order valence-electron chi connectivity index (χ3n) is 4.71. The third-order valence-corrected chi connectivity index (χ3v) is 5.14. The van der Waals surface area contributed by atoms with Crippen LogP contribution in [0.5, 0.6) is 0 Å². The van der Waals surface area contributed by atoms with Crippen LogP contribution in [-0.2, 0) is 33.6 Å². The molecule has 31 heavy (non-hydrogen) atoms. The zero-order chi connectivity index (χ0) is 23.7. The highest BCUT2D eigenvalue weighted by Crippen LogP contribution is 2.32. The SMILES string of the molecule is CC(=O)N[C@]1(CO)O[C@H](O[C@H]2[C@H](O)[C@@H](O)[C@H](O)O[C@@H]2COS(=O)(=O)O)[C@H](O)[C@@H](O)[C@H]1O. The number of nitrogens with one attached hydrogen (secondary N) is 1. The Kier molecular flexibility index (Phi) is 8.31. The first kappa shape index (κ1) is 26.2. The van der Waals surface area contributed by atoms with Crippen molar-refractivity contribution in [2.75, 3.05) is 13.2 Å². The molecule has 2 saturated heterocycles. The van der Waals surface area contributed by atoms with E-state index in [2.05, 4.69) is 9.50 Å². The summed E-state index contributed by atoms with van der Waals surface area (Å²) in [5.74, 6) is -0.811. The van der Waals surface area contributed by atoms with E-state index >= 15 is 0 Å². The normalized spacial score (nSPS) is 44.1. The predicted molar refractivity (Wildman–Crippen MR) is 91.8 cm³/mol. The Labute approximate surface area is 175 Å². The molecular weight excluding hydrogens is 454 g/mol. The summed E-state index contributed by atoms with van der Waals surface area (Å²) in [6.45, 7) is -1.13. The lowest BCUT2D eigenvalue weighted by Crippen LogP contribution is -2.73. The second-order valence-corrected chi connectivity index (χ2v) is 8.09. The third kappa shape index (κ3) is 5.85. The maximum Gasteiger partial charge on any atom is 0.397 e. The van der Waals surface area contributed by atoms with E-state index in [1.807, 2.05) is 0 Å². The van der Waals surface area contributed by atoms with Gasteiger partial charge in [-0.2, -0.15) is 8.42 Å². The number of hydrogen-bond donors (Lipinski definition) is 9. The molecular formula is C14H25NO15S. The Morgan fingerprint density at radius 2 is 1.68 bits per heavy atom. The van der Waals surface area contributed by atoms with Crippen molar-refractivity contribution in [3.8, 4) is 0 Å². The number of rotatable bonds is 7. The van der Waals surface area contributed by atoms with Crippen LogP contribution in [0.4, 0.5) is 0 Å². The minimum atomic E-state index is -4.99. The molecule has 2 heterocycles. The molecule has 0 bridgehead atoms. The first-order valence-corrected chi connectivity index (χ1v) is 10.2. The Bertz CT molecular complexity index is 735. The molecule has 182 valence electrons. The summed E-state index contributed by atoms with van der Waals surface area (Å²) >= 11 is 0. The van der Waals surface area contributed by atoms with E-state index in [0.29, 0.717) is 0 Å². The second-order valence-electron chi connectivity index (χ2n) is 7.00. The van der Waals surface area contributed by atoms with Crippen LogP contribution in [-0.4, -0.2) is 129 Å². The maximum absolute atomic E-state index is 11.5. The van der Waals surface area contributed by atoms with E-state index in [1.54, 1.807) is 0 Å². The molecule has 0 unspecified atom stereocenters. The first-order chi connectivity index (χ1) is 14.2. The van der Waals surface area contributed by atoms with Crippen LogP contribution < -0.4 is 5.32 Å². The van der Waals surface area contributed by atoms with Gasteiger partial charge >= 0.3 is 10.4 Å². The minimum Gasteiger partial charge on any atom is -0.391 e. The van der Waals surface area contributed by atoms with Crippen LogP contribution in [0.1, 0.15) is 6.92 Å². The van der Waals surface area contributed by atoms with E-state index in [-0.39, 0.29) is 0 Å². The van der Waals surface area contributed by atoms with E-state index in [1.165, 1.54) is 0 Å². The molecule has 9 N–H and O–H groups in total. The van der Waals surface area contributed by atoms with Crippen LogP contribution >= 0.6 is 0 Å². The number of amides is 1. The van der Waals surface area contributed by atoms with Crippen LogP contribution in [0.15, 0.2) is 0 Å². The van der Waals surface area contributed by atoms with Crippen molar-refractivity contribution in [2.24, 2.45) is 0 Å². The summed E-state index contributed by atoms with van der Waals surface area (Å²) in [6, 6.07) is 0. The molecule has 0 saturated carbocycles. The van der Waals surface area contributed by atoms with Gasteiger partial charge < -0.3 is 55.3 Å². The van der Waals surface area contributed by atoms with Gasteiger partial charge in [0.05, 0.1) is 13.2 Å². The molecule has 10 atom stereocenters.